The Morgan fingerprint density at radius 3 is 2.26 bits per heavy atom. The molecule has 0 radical (unpaired) electrons. The fraction of sp³-hybridized carbons (Fsp3) is 0.588. The summed E-state index contributed by atoms with van der Waals surface area (Å²) in [5.74, 6) is -0.374. The van der Waals surface area contributed by atoms with E-state index in [2.05, 4.69) is 0 Å². The van der Waals surface area contributed by atoms with Gasteiger partial charge in [0.1, 0.15) is 12.4 Å². The smallest absolute Gasteiger partial charge is 0.491 e. The first kappa shape index (κ1) is 21.4. The predicted molar refractivity (Wildman–Crippen MR) is 93.3 cm³/mol. The number of benzene rings is 1. The minimum atomic E-state index is -4.65. The number of alkyl halides is 3. The molecule has 0 saturated carbocycles. The summed E-state index contributed by atoms with van der Waals surface area (Å²) in [7, 11) is 0.376. The van der Waals surface area contributed by atoms with E-state index in [1.165, 1.54) is 19.2 Å². The average molecular weight is 389 g/mol. The summed E-state index contributed by atoms with van der Waals surface area (Å²) < 4.78 is 57.2. The number of hydrogen-bond acceptors (Lipinski definition) is 4. The number of carboxylic acid groups (broad SMARTS) is 1. The van der Waals surface area contributed by atoms with Crippen LogP contribution < -0.4 is 10.2 Å². The highest BCUT2D eigenvalue weighted by atomic mass is 19.4. The zero-order chi connectivity index (χ0) is 20.6. The molecule has 1 fully saturated rings. The molecule has 1 saturated heterocycles. The molecule has 0 spiro atoms. The van der Waals surface area contributed by atoms with Crippen molar-refractivity contribution in [2.75, 3.05) is 20.2 Å². The molecule has 0 unspecified atom stereocenters. The lowest BCUT2D eigenvalue weighted by molar-refractivity contribution is -0.138. The number of ether oxygens (including phenoxy) is 1. The molecule has 0 bridgehead atoms. The van der Waals surface area contributed by atoms with Gasteiger partial charge in [0, 0.05) is 7.05 Å². The Hall–Kier alpha value is -1.94. The largest absolute Gasteiger partial charge is 0.494 e. The standard InChI is InChI=1S/C17H23BF3NO5/c1-15(2)16(3,4)27-18(26-15)11-6-7-13(12(10-11)17(19,20)21)25-9-8-22(5)14(23)24/h6-7,10H,8-9H2,1-5H3,(H,23,24). The Labute approximate surface area is 156 Å². The fourth-order valence-electron chi connectivity index (χ4n) is 2.41. The highest BCUT2D eigenvalue weighted by molar-refractivity contribution is 6.62. The lowest BCUT2D eigenvalue weighted by atomic mass is 9.78. The van der Waals surface area contributed by atoms with E-state index in [9.17, 15) is 18.0 Å². The molecule has 1 N–H and O–H groups in total. The van der Waals surface area contributed by atoms with Crippen molar-refractivity contribution in [1.82, 2.24) is 4.90 Å². The van der Waals surface area contributed by atoms with Crippen molar-refractivity contribution >= 4 is 18.7 Å². The van der Waals surface area contributed by atoms with Crippen LogP contribution in [0.5, 0.6) is 5.75 Å². The molecule has 0 aromatic heterocycles. The van der Waals surface area contributed by atoms with Crippen LogP contribution in [-0.2, 0) is 15.5 Å². The Balaban J connectivity index is 2.23. The van der Waals surface area contributed by atoms with Crippen LogP contribution in [0, 0.1) is 0 Å². The molecular weight excluding hydrogens is 366 g/mol. The molecular formula is C17H23BF3NO5. The maximum absolute atomic E-state index is 13.5. The van der Waals surface area contributed by atoms with E-state index in [4.69, 9.17) is 19.2 Å². The van der Waals surface area contributed by atoms with Crippen molar-refractivity contribution in [3.63, 3.8) is 0 Å². The molecule has 1 aromatic rings. The van der Waals surface area contributed by atoms with Crippen LogP contribution in [0.15, 0.2) is 18.2 Å². The zero-order valence-corrected chi connectivity index (χ0v) is 15.9. The van der Waals surface area contributed by atoms with Crippen molar-refractivity contribution in [3.05, 3.63) is 23.8 Å². The third-order valence-electron chi connectivity index (χ3n) is 4.85. The highest BCUT2D eigenvalue weighted by Crippen LogP contribution is 2.39. The number of rotatable bonds is 5. The molecule has 6 nitrogen and oxygen atoms in total. The molecule has 1 aromatic carbocycles. The number of carbonyl (C=O) groups is 1. The van der Waals surface area contributed by atoms with E-state index in [0.717, 1.165) is 11.0 Å². The summed E-state index contributed by atoms with van der Waals surface area (Å²) in [5.41, 5.74) is -2.08. The topological polar surface area (TPSA) is 68.2 Å². The first-order valence-corrected chi connectivity index (χ1v) is 8.38. The fourth-order valence-corrected chi connectivity index (χ4v) is 2.41. The van der Waals surface area contributed by atoms with Crippen LogP contribution in [0.4, 0.5) is 18.0 Å². The SMILES string of the molecule is CN(CCOc1ccc(B2OC(C)(C)C(C)(C)O2)cc1C(F)(F)F)C(=O)O. The summed E-state index contributed by atoms with van der Waals surface area (Å²) in [5, 5.41) is 8.77. The first-order chi connectivity index (χ1) is 12.2. The molecule has 1 heterocycles. The molecule has 1 amide bonds. The highest BCUT2D eigenvalue weighted by Gasteiger charge is 2.52. The summed E-state index contributed by atoms with van der Waals surface area (Å²) in [6, 6.07) is 3.59. The van der Waals surface area contributed by atoms with Crippen molar-refractivity contribution < 1.29 is 37.1 Å². The Kier molecular flexibility index (Phi) is 5.73. The van der Waals surface area contributed by atoms with Crippen LogP contribution in [-0.4, -0.2) is 54.6 Å². The maximum Gasteiger partial charge on any atom is 0.494 e. The van der Waals surface area contributed by atoms with Gasteiger partial charge in [0.05, 0.1) is 23.3 Å². The predicted octanol–water partition coefficient (Wildman–Crippen LogP) is 2.99. The third kappa shape index (κ3) is 4.67. The van der Waals surface area contributed by atoms with Crippen molar-refractivity contribution in [3.8, 4) is 5.75 Å². The molecule has 10 heteroatoms. The third-order valence-corrected chi connectivity index (χ3v) is 4.85. The van der Waals surface area contributed by atoms with E-state index >= 15 is 0 Å². The van der Waals surface area contributed by atoms with E-state index < -0.39 is 36.2 Å². The van der Waals surface area contributed by atoms with E-state index in [1.54, 1.807) is 0 Å². The molecule has 0 atom stereocenters. The van der Waals surface area contributed by atoms with Gasteiger partial charge in [-0.2, -0.15) is 13.2 Å². The van der Waals surface area contributed by atoms with Gasteiger partial charge in [0.2, 0.25) is 0 Å². The second-order valence-corrected chi connectivity index (χ2v) is 7.39. The molecule has 1 aliphatic rings. The van der Waals surface area contributed by atoms with Gasteiger partial charge in [-0.25, -0.2) is 4.79 Å². The van der Waals surface area contributed by atoms with E-state index in [-0.39, 0.29) is 24.4 Å². The Morgan fingerprint density at radius 2 is 1.78 bits per heavy atom. The van der Waals surface area contributed by atoms with Gasteiger partial charge < -0.3 is 24.1 Å². The van der Waals surface area contributed by atoms with E-state index in [1.807, 2.05) is 27.7 Å². The normalized spacial score (nSPS) is 18.4. The van der Waals surface area contributed by atoms with Crippen molar-refractivity contribution in [2.24, 2.45) is 0 Å². The molecule has 1 aliphatic heterocycles. The quantitative estimate of drug-likeness (QED) is 0.785. The Bertz CT molecular complexity index is 692. The van der Waals surface area contributed by atoms with Crippen molar-refractivity contribution in [1.29, 1.82) is 0 Å². The minimum absolute atomic E-state index is 0.0639. The summed E-state index contributed by atoms with van der Waals surface area (Å²) in [4.78, 5) is 11.6. The average Bonchev–Trinajstić information content (AvgIpc) is 2.74. The number of likely N-dealkylation sites (N-methyl/N-ethyl adjacent to an activating group) is 1. The summed E-state index contributed by atoms with van der Waals surface area (Å²) >= 11 is 0. The second kappa shape index (κ2) is 7.24. The number of amides is 1. The Morgan fingerprint density at radius 1 is 1.22 bits per heavy atom. The molecule has 2 rings (SSSR count). The second-order valence-electron chi connectivity index (χ2n) is 7.39. The molecule has 150 valence electrons. The van der Waals surface area contributed by atoms with Gasteiger partial charge >= 0.3 is 19.4 Å². The van der Waals surface area contributed by atoms with E-state index in [0.29, 0.717) is 0 Å². The molecule has 27 heavy (non-hydrogen) atoms. The van der Waals surface area contributed by atoms with Gasteiger partial charge in [-0.15, -0.1) is 0 Å². The lowest BCUT2D eigenvalue weighted by Crippen LogP contribution is -2.41. The summed E-state index contributed by atoms with van der Waals surface area (Å²) in [6.07, 6.45) is -5.83. The van der Waals surface area contributed by atoms with Crippen molar-refractivity contribution in [2.45, 2.75) is 45.1 Å². The lowest BCUT2D eigenvalue weighted by Gasteiger charge is -2.32. The number of halogens is 3. The van der Waals surface area contributed by atoms with Gasteiger partial charge in [0.25, 0.3) is 0 Å². The number of hydrogen-bond donors (Lipinski definition) is 1. The van der Waals surface area contributed by atoms with Gasteiger partial charge in [0.15, 0.2) is 0 Å². The first-order valence-electron chi connectivity index (χ1n) is 8.38. The minimum Gasteiger partial charge on any atom is -0.491 e. The number of nitrogens with zero attached hydrogens (tertiary/aromatic N) is 1. The van der Waals surface area contributed by atoms with Crippen LogP contribution in [0.1, 0.15) is 33.3 Å². The monoisotopic (exact) mass is 389 g/mol. The van der Waals surface area contributed by atoms with Crippen LogP contribution >= 0.6 is 0 Å². The van der Waals surface area contributed by atoms with Crippen LogP contribution in [0.3, 0.4) is 0 Å². The van der Waals surface area contributed by atoms with Gasteiger partial charge in [-0.1, -0.05) is 6.07 Å². The van der Waals surface area contributed by atoms with Crippen LogP contribution in [0.25, 0.3) is 0 Å². The zero-order valence-electron chi connectivity index (χ0n) is 15.9. The van der Waals surface area contributed by atoms with Gasteiger partial charge in [-0.05, 0) is 45.3 Å². The maximum atomic E-state index is 13.5. The van der Waals surface area contributed by atoms with Gasteiger partial charge in [-0.3, -0.25) is 0 Å². The summed E-state index contributed by atoms with van der Waals surface area (Å²) in [6.45, 7) is 6.98. The molecule has 0 aliphatic carbocycles. The van der Waals surface area contributed by atoms with Crippen LogP contribution in [0.2, 0.25) is 0 Å².